The lowest BCUT2D eigenvalue weighted by atomic mass is 10.00. The van der Waals surface area contributed by atoms with E-state index in [0.717, 1.165) is 11.1 Å². The van der Waals surface area contributed by atoms with Crippen LogP contribution in [-0.4, -0.2) is 11.7 Å². The van der Waals surface area contributed by atoms with E-state index in [1.165, 1.54) is 6.07 Å². The van der Waals surface area contributed by atoms with E-state index in [1.54, 1.807) is 6.07 Å². The van der Waals surface area contributed by atoms with E-state index < -0.39 is 0 Å². The summed E-state index contributed by atoms with van der Waals surface area (Å²) in [6.07, 6.45) is 0.485. The predicted molar refractivity (Wildman–Crippen MR) is 57.5 cm³/mol. The van der Waals surface area contributed by atoms with Gasteiger partial charge in [0.25, 0.3) is 0 Å². The van der Waals surface area contributed by atoms with E-state index in [-0.39, 0.29) is 18.5 Å². The van der Waals surface area contributed by atoms with Gasteiger partial charge in [0, 0.05) is 12.6 Å². The van der Waals surface area contributed by atoms with Crippen molar-refractivity contribution in [3.63, 3.8) is 0 Å². The average molecular weight is 262 g/mol. The molecule has 1 aromatic rings. The molecule has 2 nitrogen and oxygen atoms in total. The van der Waals surface area contributed by atoms with Gasteiger partial charge in [-0.3, -0.25) is 0 Å². The zero-order chi connectivity index (χ0) is 10.7. The fourth-order valence-electron chi connectivity index (χ4n) is 1.36. The molecule has 14 heavy (non-hydrogen) atoms. The number of nitrogens with two attached hydrogens (primary N) is 1. The van der Waals surface area contributed by atoms with Crippen LogP contribution in [0.3, 0.4) is 0 Å². The monoisotopic (exact) mass is 261 g/mol. The quantitative estimate of drug-likeness (QED) is 0.877. The summed E-state index contributed by atoms with van der Waals surface area (Å²) in [6, 6.07) is 2.87. The summed E-state index contributed by atoms with van der Waals surface area (Å²) in [7, 11) is 0. The van der Waals surface area contributed by atoms with Crippen LogP contribution in [0.4, 0.5) is 4.39 Å². The molecule has 78 valence electrons. The Morgan fingerprint density at radius 3 is 2.79 bits per heavy atom. The van der Waals surface area contributed by atoms with Crippen LogP contribution >= 0.6 is 15.9 Å². The van der Waals surface area contributed by atoms with Crippen molar-refractivity contribution in [2.24, 2.45) is 5.73 Å². The van der Waals surface area contributed by atoms with Crippen molar-refractivity contribution in [2.45, 2.75) is 19.4 Å². The van der Waals surface area contributed by atoms with Gasteiger partial charge in [-0.15, -0.1) is 0 Å². The highest BCUT2D eigenvalue weighted by Gasteiger charge is 2.11. The second kappa shape index (κ2) is 4.87. The number of aliphatic hydroxyl groups excluding tert-OH is 1. The number of aliphatic hydroxyl groups is 1. The molecular weight excluding hydrogens is 249 g/mol. The summed E-state index contributed by atoms with van der Waals surface area (Å²) in [6.45, 7) is 1.84. The predicted octanol–water partition coefficient (Wildman–Crippen LogP) is 2.28. The van der Waals surface area contributed by atoms with Crippen LogP contribution in [0.5, 0.6) is 0 Å². The second-order valence-corrected chi connectivity index (χ2v) is 4.10. The molecule has 0 fully saturated rings. The SMILES string of the molecule is Cc1cc(F)c(Br)cc1C(N)CCO. The summed E-state index contributed by atoms with van der Waals surface area (Å²) in [4.78, 5) is 0. The maximum absolute atomic E-state index is 13.1. The van der Waals surface area contributed by atoms with E-state index >= 15 is 0 Å². The van der Waals surface area contributed by atoms with Crippen LogP contribution in [-0.2, 0) is 0 Å². The van der Waals surface area contributed by atoms with Crippen LogP contribution in [0.25, 0.3) is 0 Å². The molecule has 1 atom stereocenters. The Labute approximate surface area is 91.1 Å². The maximum Gasteiger partial charge on any atom is 0.137 e. The van der Waals surface area contributed by atoms with Crippen molar-refractivity contribution in [2.75, 3.05) is 6.61 Å². The van der Waals surface area contributed by atoms with Crippen LogP contribution < -0.4 is 5.73 Å². The van der Waals surface area contributed by atoms with Gasteiger partial charge < -0.3 is 10.8 Å². The van der Waals surface area contributed by atoms with Gasteiger partial charge >= 0.3 is 0 Å². The Kier molecular flexibility index (Phi) is 4.04. The number of aryl methyl sites for hydroxylation is 1. The molecule has 1 aromatic carbocycles. The second-order valence-electron chi connectivity index (χ2n) is 3.24. The molecule has 0 saturated carbocycles. The fraction of sp³-hybridized carbons (Fsp3) is 0.400. The van der Waals surface area contributed by atoms with Gasteiger partial charge in [0.15, 0.2) is 0 Å². The molecule has 1 unspecified atom stereocenters. The first-order valence-electron chi connectivity index (χ1n) is 4.38. The first kappa shape index (κ1) is 11.6. The van der Waals surface area contributed by atoms with Crippen molar-refractivity contribution >= 4 is 15.9 Å². The molecular formula is C10H13BrFNO. The minimum atomic E-state index is -0.289. The minimum absolute atomic E-state index is 0.0373. The largest absolute Gasteiger partial charge is 0.396 e. The molecule has 0 aliphatic carbocycles. The van der Waals surface area contributed by atoms with Crippen molar-refractivity contribution in [3.05, 3.63) is 33.5 Å². The normalized spacial score (nSPS) is 12.9. The van der Waals surface area contributed by atoms with Crippen molar-refractivity contribution in [1.82, 2.24) is 0 Å². The van der Waals surface area contributed by atoms with Crippen LogP contribution in [0.15, 0.2) is 16.6 Å². The number of halogens is 2. The van der Waals surface area contributed by atoms with E-state index in [1.807, 2.05) is 6.92 Å². The first-order chi connectivity index (χ1) is 6.56. The Morgan fingerprint density at radius 1 is 1.57 bits per heavy atom. The molecule has 0 heterocycles. The van der Waals surface area contributed by atoms with Crippen LogP contribution in [0, 0.1) is 12.7 Å². The maximum atomic E-state index is 13.1. The summed E-state index contributed by atoms with van der Waals surface area (Å²) in [5, 5.41) is 8.75. The molecule has 0 radical (unpaired) electrons. The van der Waals surface area contributed by atoms with Gasteiger partial charge in [0.05, 0.1) is 4.47 Å². The first-order valence-corrected chi connectivity index (χ1v) is 5.17. The molecule has 0 spiro atoms. The Balaban J connectivity index is 3.02. The summed E-state index contributed by atoms with van der Waals surface area (Å²) >= 11 is 3.11. The van der Waals surface area contributed by atoms with Crippen molar-refractivity contribution in [3.8, 4) is 0 Å². The van der Waals surface area contributed by atoms with Gasteiger partial charge in [-0.2, -0.15) is 0 Å². The Bertz CT molecular complexity index is 330. The molecule has 1 rings (SSSR count). The number of rotatable bonds is 3. The van der Waals surface area contributed by atoms with Crippen LogP contribution in [0.2, 0.25) is 0 Å². The lowest BCUT2D eigenvalue weighted by molar-refractivity contribution is 0.276. The highest BCUT2D eigenvalue weighted by atomic mass is 79.9. The molecule has 0 saturated heterocycles. The third-order valence-electron chi connectivity index (χ3n) is 2.15. The number of hydrogen-bond donors (Lipinski definition) is 2. The lowest BCUT2D eigenvalue weighted by Crippen LogP contribution is -2.13. The fourth-order valence-corrected chi connectivity index (χ4v) is 1.72. The van der Waals surface area contributed by atoms with E-state index in [2.05, 4.69) is 15.9 Å². The topological polar surface area (TPSA) is 46.2 Å². The molecule has 0 amide bonds. The molecule has 4 heteroatoms. The zero-order valence-electron chi connectivity index (χ0n) is 7.93. The molecule has 0 aliphatic rings. The highest BCUT2D eigenvalue weighted by Crippen LogP contribution is 2.25. The smallest absolute Gasteiger partial charge is 0.137 e. The lowest BCUT2D eigenvalue weighted by Gasteiger charge is -2.14. The molecule has 0 aromatic heterocycles. The Hall–Kier alpha value is -0.450. The van der Waals surface area contributed by atoms with Gasteiger partial charge in [-0.1, -0.05) is 0 Å². The van der Waals surface area contributed by atoms with Gasteiger partial charge in [-0.25, -0.2) is 4.39 Å². The molecule has 0 bridgehead atoms. The third-order valence-corrected chi connectivity index (χ3v) is 2.76. The summed E-state index contributed by atoms with van der Waals surface area (Å²) in [5.74, 6) is -0.289. The summed E-state index contributed by atoms with van der Waals surface area (Å²) < 4.78 is 13.5. The highest BCUT2D eigenvalue weighted by molar-refractivity contribution is 9.10. The van der Waals surface area contributed by atoms with Crippen LogP contribution in [0.1, 0.15) is 23.6 Å². The number of hydrogen-bond acceptors (Lipinski definition) is 2. The van der Waals surface area contributed by atoms with E-state index in [4.69, 9.17) is 10.8 Å². The standard InChI is InChI=1S/C10H13BrFNO/c1-6-4-9(12)8(11)5-7(6)10(13)2-3-14/h4-5,10,14H,2-3,13H2,1H3. The van der Waals surface area contributed by atoms with Crippen molar-refractivity contribution < 1.29 is 9.50 Å². The van der Waals surface area contributed by atoms with Gasteiger partial charge in [-0.05, 0) is 52.5 Å². The van der Waals surface area contributed by atoms with E-state index in [0.29, 0.717) is 10.9 Å². The zero-order valence-corrected chi connectivity index (χ0v) is 9.51. The van der Waals surface area contributed by atoms with Crippen molar-refractivity contribution in [1.29, 1.82) is 0 Å². The third kappa shape index (κ3) is 2.53. The average Bonchev–Trinajstić information content (AvgIpc) is 2.11. The minimum Gasteiger partial charge on any atom is -0.396 e. The van der Waals surface area contributed by atoms with E-state index in [9.17, 15) is 4.39 Å². The van der Waals surface area contributed by atoms with Gasteiger partial charge in [0.1, 0.15) is 5.82 Å². The van der Waals surface area contributed by atoms with Gasteiger partial charge in [0.2, 0.25) is 0 Å². The number of benzene rings is 1. The Morgan fingerprint density at radius 2 is 2.21 bits per heavy atom. The molecule has 3 N–H and O–H groups in total. The molecule has 0 aliphatic heterocycles. The summed E-state index contributed by atoms with van der Waals surface area (Å²) in [5.41, 5.74) is 7.50.